The first kappa shape index (κ1) is 10.8. The van der Waals surface area contributed by atoms with E-state index in [0.717, 1.165) is 6.42 Å². The monoisotopic (exact) mass is 196 g/mol. The minimum atomic E-state index is -0.100. The molecule has 0 bridgehead atoms. The van der Waals surface area contributed by atoms with E-state index in [-0.39, 0.29) is 11.9 Å². The number of carbonyl (C=O) groups excluding carboxylic acids is 1. The minimum Gasteiger partial charge on any atom is -0.469 e. The van der Waals surface area contributed by atoms with Crippen molar-refractivity contribution in [3.05, 3.63) is 23.7 Å². The summed E-state index contributed by atoms with van der Waals surface area (Å²) in [6.45, 7) is 4.27. The van der Waals surface area contributed by atoms with E-state index in [1.54, 1.807) is 13.0 Å². The molecule has 1 rings (SSSR count). The van der Waals surface area contributed by atoms with Crippen LogP contribution in [0.4, 0.5) is 0 Å². The summed E-state index contributed by atoms with van der Waals surface area (Å²) in [6.07, 6.45) is 2.29. The summed E-state index contributed by atoms with van der Waals surface area (Å²) < 4.78 is 5.03. The first-order chi connectivity index (χ1) is 6.61. The smallest absolute Gasteiger partial charge is 0.254 e. The molecular weight excluding hydrogens is 180 g/mol. The molecule has 1 heterocycles. The fourth-order valence-corrected chi connectivity index (χ4v) is 1.13. The molecule has 0 radical (unpaired) electrons. The molecule has 0 spiro atoms. The number of nitrogens with two attached hydrogens (primary N) is 1. The number of furan rings is 1. The fourth-order valence-electron chi connectivity index (χ4n) is 1.13. The molecule has 0 aliphatic carbocycles. The quantitative estimate of drug-likeness (QED) is 0.756. The van der Waals surface area contributed by atoms with Crippen molar-refractivity contribution in [3.8, 4) is 0 Å². The highest BCUT2D eigenvalue weighted by Gasteiger charge is 2.10. The maximum Gasteiger partial charge on any atom is 0.254 e. The second-order valence-corrected chi connectivity index (χ2v) is 3.41. The van der Waals surface area contributed by atoms with Crippen LogP contribution >= 0.6 is 0 Å². The zero-order valence-corrected chi connectivity index (χ0v) is 8.54. The molecule has 0 aliphatic heterocycles. The number of rotatable bonds is 4. The molecule has 1 aromatic heterocycles. The van der Waals surface area contributed by atoms with E-state index in [0.29, 0.717) is 17.9 Å². The number of nitrogens with one attached hydrogen (secondary N) is 1. The van der Waals surface area contributed by atoms with Gasteiger partial charge >= 0.3 is 0 Å². The van der Waals surface area contributed by atoms with E-state index in [2.05, 4.69) is 5.32 Å². The lowest BCUT2D eigenvalue weighted by Gasteiger charge is -2.06. The number of hydrogen-bond acceptors (Lipinski definition) is 3. The summed E-state index contributed by atoms with van der Waals surface area (Å²) in [5.41, 5.74) is 6.15. The second-order valence-electron chi connectivity index (χ2n) is 3.41. The average Bonchev–Trinajstić information content (AvgIpc) is 2.50. The van der Waals surface area contributed by atoms with Gasteiger partial charge in [-0.2, -0.15) is 0 Å². The number of aryl methyl sites for hydroxylation is 1. The third-order valence-electron chi connectivity index (χ3n) is 1.99. The predicted molar refractivity (Wildman–Crippen MR) is 54.0 cm³/mol. The lowest BCUT2D eigenvalue weighted by Crippen LogP contribution is -2.29. The predicted octanol–water partition coefficient (Wildman–Crippen LogP) is 1.06. The lowest BCUT2D eigenvalue weighted by molar-refractivity contribution is 0.0951. The Morgan fingerprint density at radius 1 is 1.71 bits per heavy atom. The van der Waals surface area contributed by atoms with Crippen molar-refractivity contribution in [2.24, 2.45) is 5.73 Å². The summed E-state index contributed by atoms with van der Waals surface area (Å²) >= 11 is 0. The maximum atomic E-state index is 11.5. The third-order valence-corrected chi connectivity index (χ3v) is 1.99. The Balaban J connectivity index is 2.40. The molecule has 78 valence electrons. The SMILES string of the molecule is Cc1occc1C(=O)NCCC(C)N. The Hall–Kier alpha value is -1.29. The fraction of sp³-hybridized carbons (Fsp3) is 0.500. The molecule has 0 saturated carbocycles. The van der Waals surface area contributed by atoms with Crippen molar-refractivity contribution >= 4 is 5.91 Å². The first-order valence-corrected chi connectivity index (χ1v) is 4.69. The minimum absolute atomic E-state index is 0.100. The summed E-state index contributed by atoms with van der Waals surface area (Å²) in [4.78, 5) is 11.5. The van der Waals surface area contributed by atoms with Crippen molar-refractivity contribution in [1.82, 2.24) is 5.32 Å². The van der Waals surface area contributed by atoms with E-state index in [1.807, 2.05) is 6.92 Å². The summed E-state index contributed by atoms with van der Waals surface area (Å²) in [6, 6.07) is 1.78. The lowest BCUT2D eigenvalue weighted by atomic mass is 10.2. The van der Waals surface area contributed by atoms with Crippen LogP contribution < -0.4 is 11.1 Å². The highest BCUT2D eigenvalue weighted by Crippen LogP contribution is 2.07. The second kappa shape index (κ2) is 4.81. The van der Waals surface area contributed by atoms with Crippen molar-refractivity contribution in [3.63, 3.8) is 0 Å². The van der Waals surface area contributed by atoms with E-state index in [9.17, 15) is 4.79 Å². The van der Waals surface area contributed by atoms with Gasteiger partial charge in [0.05, 0.1) is 11.8 Å². The Morgan fingerprint density at radius 2 is 2.43 bits per heavy atom. The van der Waals surface area contributed by atoms with Gasteiger partial charge in [-0.3, -0.25) is 4.79 Å². The molecule has 1 unspecified atom stereocenters. The van der Waals surface area contributed by atoms with E-state index in [4.69, 9.17) is 10.2 Å². The number of carbonyl (C=O) groups is 1. The van der Waals surface area contributed by atoms with Crippen molar-refractivity contribution in [1.29, 1.82) is 0 Å². The third kappa shape index (κ3) is 2.88. The van der Waals surface area contributed by atoms with Crippen LogP contribution in [-0.4, -0.2) is 18.5 Å². The molecule has 3 N–H and O–H groups in total. The van der Waals surface area contributed by atoms with E-state index in [1.165, 1.54) is 6.26 Å². The zero-order valence-electron chi connectivity index (χ0n) is 8.54. The van der Waals surface area contributed by atoms with Gasteiger partial charge < -0.3 is 15.5 Å². The molecule has 0 fully saturated rings. The van der Waals surface area contributed by atoms with Crippen molar-refractivity contribution in [2.75, 3.05) is 6.54 Å². The van der Waals surface area contributed by atoms with Gasteiger partial charge in [-0.05, 0) is 26.3 Å². The van der Waals surface area contributed by atoms with Gasteiger partial charge in [0.1, 0.15) is 5.76 Å². The van der Waals surface area contributed by atoms with Crippen molar-refractivity contribution in [2.45, 2.75) is 26.3 Å². The van der Waals surface area contributed by atoms with Gasteiger partial charge in [0.15, 0.2) is 0 Å². The van der Waals surface area contributed by atoms with Gasteiger partial charge in [-0.15, -0.1) is 0 Å². The maximum absolute atomic E-state index is 11.5. The van der Waals surface area contributed by atoms with Gasteiger partial charge in [0, 0.05) is 12.6 Å². The van der Waals surface area contributed by atoms with Crippen LogP contribution in [0.25, 0.3) is 0 Å². The molecule has 1 atom stereocenters. The van der Waals surface area contributed by atoms with E-state index < -0.39 is 0 Å². The van der Waals surface area contributed by atoms with Gasteiger partial charge in [-0.1, -0.05) is 0 Å². The van der Waals surface area contributed by atoms with Crippen LogP contribution in [0.15, 0.2) is 16.7 Å². The summed E-state index contributed by atoms with van der Waals surface area (Å²) in [5, 5.41) is 2.78. The van der Waals surface area contributed by atoms with Gasteiger partial charge in [0.25, 0.3) is 5.91 Å². The Kier molecular flexibility index (Phi) is 3.71. The molecule has 14 heavy (non-hydrogen) atoms. The largest absolute Gasteiger partial charge is 0.469 e. The van der Waals surface area contributed by atoms with Crippen LogP contribution in [0.3, 0.4) is 0 Å². The molecular formula is C10H16N2O2. The Bertz CT molecular complexity index is 305. The van der Waals surface area contributed by atoms with Crippen LogP contribution in [0.1, 0.15) is 29.5 Å². The zero-order chi connectivity index (χ0) is 10.6. The van der Waals surface area contributed by atoms with Gasteiger partial charge in [0.2, 0.25) is 0 Å². The normalized spacial score (nSPS) is 12.5. The molecule has 4 nitrogen and oxygen atoms in total. The molecule has 1 amide bonds. The molecule has 4 heteroatoms. The summed E-state index contributed by atoms with van der Waals surface area (Å²) in [5.74, 6) is 0.542. The standard InChI is InChI=1S/C10H16N2O2/c1-7(11)3-5-12-10(13)9-4-6-14-8(9)2/h4,6-7H,3,5,11H2,1-2H3,(H,12,13). The summed E-state index contributed by atoms with van der Waals surface area (Å²) in [7, 11) is 0. The number of amides is 1. The van der Waals surface area contributed by atoms with E-state index >= 15 is 0 Å². The average molecular weight is 196 g/mol. The van der Waals surface area contributed by atoms with Gasteiger partial charge in [-0.25, -0.2) is 0 Å². The molecule has 0 aliphatic rings. The first-order valence-electron chi connectivity index (χ1n) is 4.69. The van der Waals surface area contributed by atoms with Crippen LogP contribution in [0.5, 0.6) is 0 Å². The van der Waals surface area contributed by atoms with Crippen LogP contribution in [0, 0.1) is 6.92 Å². The Morgan fingerprint density at radius 3 is 2.93 bits per heavy atom. The highest BCUT2D eigenvalue weighted by molar-refractivity contribution is 5.94. The molecule has 0 saturated heterocycles. The molecule has 1 aromatic rings. The molecule has 0 aromatic carbocycles. The highest BCUT2D eigenvalue weighted by atomic mass is 16.3. The number of hydrogen-bond donors (Lipinski definition) is 2. The van der Waals surface area contributed by atoms with Crippen LogP contribution in [-0.2, 0) is 0 Å². The van der Waals surface area contributed by atoms with Crippen LogP contribution in [0.2, 0.25) is 0 Å². The topological polar surface area (TPSA) is 68.3 Å². The Labute approximate surface area is 83.5 Å². The van der Waals surface area contributed by atoms with Crippen molar-refractivity contribution < 1.29 is 9.21 Å².